The smallest absolute Gasteiger partial charge is 0.308 e. The Bertz CT molecular complexity index is 813. The van der Waals surface area contributed by atoms with Crippen molar-refractivity contribution in [2.24, 2.45) is 5.92 Å². The number of anilines is 1. The minimum Gasteiger partial charge on any atom is -0.481 e. The summed E-state index contributed by atoms with van der Waals surface area (Å²) in [5.41, 5.74) is 3.14. The molecule has 1 unspecified atom stereocenters. The number of carboxylic acids is 1. The maximum atomic E-state index is 11.2. The summed E-state index contributed by atoms with van der Waals surface area (Å²) in [7, 11) is 0. The number of carboxylic acid groups (broad SMARTS) is 1. The van der Waals surface area contributed by atoms with Crippen molar-refractivity contribution in [2.45, 2.75) is 13.3 Å². The second kappa shape index (κ2) is 5.58. The van der Waals surface area contributed by atoms with E-state index in [4.69, 9.17) is 0 Å². The van der Waals surface area contributed by atoms with E-state index < -0.39 is 5.97 Å². The molecule has 5 nitrogen and oxygen atoms in total. The van der Waals surface area contributed by atoms with E-state index in [0.29, 0.717) is 25.1 Å². The standard InChI is InChI=1S/C16H14BrN3O2/c1-9-2-3-12-14(13(9)17)19-7-11(6-18)15(12)20-5-4-10(8-20)16(21)22/h2-3,7,10H,4-5,8H2,1H3,(H,21,22). The van der Waals surface area contributed by atoms with Gasteiger partial charge in [0.15, 0.2) is 0 Å². The number of nitrogens with zero attached hydrogens (tertiary/aromatic N) is 3. The van der Waals surface area contributed by atoms with E-state index in [2.05, 4.69) is 27.0 Å². The van der Waals surface area contributed by atoms with Crippen molar-refractivity contribution in [1.29, 1.82) is 5.26 Å². The van der Waals surface area contributed by atoms with Crippen LogP contribution in [-0.2, 0) is 4.79 Å². The maximum Gasteiger partial charge on any atom is 0.308 e. The third-order valence-electron chi connectivity index (χ3n) is 4.12. The summed E-state index contributed by atoms with van der Waals surface area (Å²) in [5.74, 6) is -1.17. The molecule has 22 heavy (non-hydrogen) atoms. The van der Waals surface area contributed by atoms with Crippen LogP contribution in [0.25, 0.3) is 10.9 Å². The van der Waals surface area contributed by atoms with Crippen LogP contribution in [0.15, 0.2) is 22.8 Å². The highest BCUT2D eigenvalue weighted by atomic mass is 79.9. The van der Waals surface area contributed by atoms with E-state index >= 15 is 0 Å². The number of carbonyl (C=O) groups is 1. The molecule has 1 saturated heterocycles. The molecular formula is C16H14BrN3O2. The second-order valence-electron chi connectivity index (χ2n) is 5.49. The third kappa shape index (κ3) is 2.32. The number of halogens is 1. The Balaban J connectivity index is 2.18. The summed E-state index contributed by atoms with van der Waals surface area (Å²) in [6.45, 7) is 3.05. The van der Waals surface area contributed by atoms with Crippen molar-refractivity contribution >= 4 is 38.5 Å². The number of nitriles is 1. The Morgan fingerprint density at radius 2 is 2.32 bits per heavy atom. The predicted molar refractivity (Wildman–Crippen MR) is 86.9 cm³/mol. The number of aliphatic carboxylic acids is 1. The predicted octanol–water partition coefficient (Wildman–Crippen LogP) is 3.09. The molecule has 1 aromatic carbocycles. The van der Waals surface area contributed by atoms with Crippen LogP contribution in [0.3, 0.4) is 0 Å². The molecule has 1 N–H and O–H groups in total. The van der Waals surface area contributed by atoms with E-state index in [1.807, 2.05) is 24.0 Å². The van der Waals surface area contributed by atoms with Crippen LogP contribution in [-0.4, -0.2) is 29.1 Å². The van der Waals surface area contributed by atoms with Gasteiger partial charge in [0.25, 0.3) is 0 Å². The zero-order valence-electron chi connectivity index (χ0n) is 12.0. The van der Waals surface area contributed by atoms with E-state index in [1.54, 1.807) is 6.20 Å². The first-order valence-electron chi connectivity index (χ1n) is 6.98. The first-order valence-corrected chi connectivity index (χ1v) is 7.78. The summed E-state index contributed by atoms with van der Waals surface area (Å²) in [4.78, 5) is 17.6. The van der Waals surface area contributed by atoms with E-state index in [9.17, 15) is 15.2 Å². The van der Waals surface area contributed by atoms with Gasteiger partial charge >= 0.3 is 5.97 Å². The maximum absolute atomic E-state index is 11.2. The molecule has 1 aliphatic rings. The summed E-state index contributed by atoms with van der Waals surface area (Å²) < 4.78 is 0.907. The highest BCUT2D eigenvalue weighted by molar-refractivity contribution is 9.10. The Hall–Kier alpha value is -2.13. The molecule has 2 heterocycles. The average molecular weight is 360 g/mol. The van der Waals surface area contributed by atoms with Gasteiger partial charge in [-0.3, -0.25) is 9.78 Å². The zero-order valence-corrected chi connectivity index (χ0v) is 13.6. The molecular weight excluding hydrogens is 346 g/mol. The second-order valence-corrected chi connectivity index (χ2v) is 6.29. The lowest BCUT2D eigenvalue weighted by Crippen LogP contribution is -2.23. The fourth-order valence-electron chi connectivity index (χ4n) is 2.91. The third-order valence-corrected chi connectivity index (χ3v) is 5.12. The number of aromatic nitrogens is 1. The monoisotopic (exact) mass is 359 g/mol. The Morgan fingerprint density at radius 3 is 2.95 bits per heavy atom. The van der Waals surface area contributed by atoms with Crippen molar-refractivity contribution in [1.82, 2.24) is 4.98 Å². The van der Waals surface area contributed by atoms with Gasteiger partial charge in [0.1, 0.15) is 6.07 Å². The topological polar surface area (TPSA) is 77.2 Å². The molecule has 0 amide bonds. The van der Waals surface area contributed by atoms with Gasteiger partial charge in [-0.2, -0.15) is 5.26 Å². The molecule has 6 heteroatoms. The van der Waals surface area contributed by atoms with Crippen LogP contribution < -0.4 is 4.90 Å². The highest BCUT2D eigenvalue weighted by Crippen LogP contribution is 2.36. The fourth-order valence-corrected chi connectivity index (χ4v) is 3.35. The van der Waals surface area contributed by atoms with Gasteiger partial charge < -0.3 is 10.0 Å². The first-order chi connectivity index (χ1) is 10.5. The van der Waals surface area contributed by atoms with E-state index in [1.165, 1.54) is 0 Å². The van der Waals surface area contributed by atoms with Crippen LogP contribution in [0.2, 0.25) is 0 Å². The summed E-state index contributed by atoms with van der Waals surface area (Å²) in [6, 6.07) is 6.10. The van der Waals surface area contributed by atoms with Crippen LogP contribution in [0.4, 0.5) is 5.69 Å². The molecule has 0 bridgehead atoms. The van der Waals surface area contributed by atoms with Crippen molar-refractivity contribution < 1.29 is 9.90 Å². The van der Waals surface area contributed by atoms with Crippen LogP contribution in [0.1, 0.15) is 17.5 Å². The minimum absolute atomic E-state index is 0.386. The first kappa shape index (κ1) is 14.8. The Kier molecular flexibility index (Phi) is 3.75. The molecule has 1 atom stereocenters. The van der Waals surface area contributed by atoms with Gasteiger partial charge in [-0.05, 0) is 34.8 Å². The Labute approximate surface area is 136 Å². The zero-order chi connectivity index (χ0) is 15.9. The molecule has 0 spiro atoms. The number of hydrogen-bond donors (Lipinski definition) is 1. The molecule has 1 aliphatic heterocycles. The molecule has 2 aromatic rings. The van der Waals surface area contributed by atoms with Crippen molar-refractivity contribution in [3.8, 4) is 6.07 Å². The van der Waals surface area contributed by atoms with Crippen LogP contribution in [0, 0.1) is 24.2 Å². The van der Waals surface area contributed by atoms with Gasteiger partial charge in [-0.25, -0.2) is 0 Å². The van der Waals surface area contributed by atoms with Gasteiger partial charge in [0, 0.05) is 29.1 Å². The van der Waals surface area contributed by atoms with Gasteiger partial charge in [0.05, 0.1) is 22.7 Å². The molecule has 0 aliphatic carbocycles. The molecule has 0 saturated carbocycles. The Morgan fingerprint density at radius 1 is 1.55 bits per heavy atom. The number of pyridine rings is 1. The summed E-state index contributed by atoms with van der Waals surface area (Å²) in [6.07, 6.45) is 2.16. The number of rotatable bonds is 2. The quantitative estimate of drug-likeness (QED) is 0.891. The number of fused-ring (bicyclic) bond motifs is 1. The summed E-state index contributed by atoms with van der Waals surface area (Å²) in [5, 5.41) is 19.5. The van der Waals surface area contributed by atoms with Crippen molar-refractivity contribution in [3.63, 3.8) is 0 Å². The van der Waals surface area contributed by atoms with Gasteiger partial charge in [-0.1, -0.05) is 12.1 Å². The fraction of sp³-hybridized carbons (Fsp3) is 0.312. The van der Waals surface area contributed by atoms with Crippen LogP contribution in [0.5, 0.6) is 0 Å². The van der Waals surface area contributed by atoms with Crippen molar-refractivity contribution in [3.05, 3.63) is 33.9 Å². The molecule has 112 valence electrons. The average Bonchev–Trinajstić information content (AvgIpc) is 2.99. The van der Waals surface area contributed by atoms with Gasteiger partial charge in [-0.15, -0.1) is 0 Å². The van der Waals surface area contributed by atoms with Crippen LogP contribution >= 0.6 is 15.9 Å². The molecule has 1 fully saturated rings. The summed E-state index contributed by atoms with van der Waals surface area (Å²) >= 11 is 3.55. The SMILES string of the molecule is Cc1ccc2c(N3CCC(C(=O)O)C3)c(C#N)cnc2c1Br. The largest absolute Gasteiger partial charge is 0.481 e. The highest BCUT2D eigenvalue weighted by Gasteiger charge is 2.30. The number of hydrogen-bond acceptors (Lipinski definition) is 4. The van der Waals surface area contributed by atoms with Gasteiger partial charge in [0.2, 0.25) is 0 Å². The normalized spacial score (nSPS) is 17.7. The van der Waals surface area contributed by atoms with Crippen molar-refractivity contribution in [2.75, 3.05) is 18.0 Å². The number of aryl methyl sites for hydroxylation is 1. The lowest BCUT2D eigenvalue weighted by molar-refractivity contribution is -0.140. The lowest BCUT2D eigenvalue weighted by atomic mass is 10.1. The number of benzene rings is 1. The minimum atomic E-state index is -0.781. The van der Waals surface area contributed by atoms with E-state index in [0.717, 1.165) is 26.6 Å². The molecule has 3 rings (SSSR count). The van der Waals surface area contributed by atoms with E-state index in [-0.39, 0.29) is 5.92 Å². The molecule has 1 aromatic heterocycles. The molecule has 0 radical (unpaired) electrons. The lowest BCUT2D eigenvalue weighted by Gasteiger charge is -2.22.